The van der Waals surface area contributed by atoms with E-state index in [9.17, 15) is 4.79 Å². The Morgan fingerprint density at radius 1 is 0.767 bits per heavy atom. The van der Waals surface area contributed by atoms with Gasteiger partial charge in [-0.3, -0.25) is 4.79 Å². The molecule has 146 valence electrons. The molecule has 1 N–H and O–H groups in total. The van der Waals surface area contributed by atoms with Gasteiger partial charge in [-0.2, -0.15) is 9.67 Å². The average molecular weight is 394 g/mol. The van der Waals surface area contributed by atoms with Gasteiger partial charge in [-0.1, -0.05) is 71.9 Å². The van der Waals surface area contributed by atoms with E-state index in [1.807, 2.05) is 91.0 Å². The summed E-state index contributed by atoms with van der Waals surface area (Å²) in [5, 5.41) is 11.6. The van der Waals surface area contributed by atoms with Gasteiger partial charge in [0.2, 0.25) is 5.95 Å². The minimum absolute atomic E-state index is 0.216. The Morgan fingerprint density at radius 2 is 1.37 bits per heavy atom. The van der Waals surface area contributed by atoms with Crippen molar-refractivity contribution in [2.45, 2.75) is 6.54 Å². The smallest absolute Gasteiger partial charge is 0.289 e. The van der Waals surface area contributed by atoms with Crippen molar-refractivity contribution in [3.63, 3.8) is 0 Å². The molecule has 7 heteroatoms. The summed E-state index contributed by atoms with van der Waals surface area (Å²) in [5.41, 5.74) is 2.94. The third-order valence-electron chi connectivity index (χ3n) is 4.78. The number of rotatable bonds is 5. The first kappa shape index (κ1) is 17.8. The van der Waals surface area contributed by atoms with E-state index in [2.05, 4.69) is 15.6 Å². The molecule has 5 rings (SSSR count). The van der Waals surface area contributed by atoms with Crippen LogP contribution in [-0.2, 0) is 6.54 Å². The molecule has 0 aliphatic heterocycles. The maximum Gasteiger partial charge on any atom is 0.289 e. The molecular weight excluding hydrogens is 376 g/mol. The molecule has 2 aromatic heterocycles. The third kappa shape index (κ3) is 3.22. The van der Waals surface area contributed by atoms with E-state index in [0.717, 1.165) is 11.3 Å². The minimum Gasteiger partial charge on any atom is -0.351 e. The normalized spacial score (nSPS) is 10.9. The summed E-state index contributed by atoms with van der Waals surface area (Å²) in [5.74, 6) is 0.432. The zero-order valence-electron chi connectivity index (χ0n) is 16.0. The lowest BCUT2D eigenvalue weighted by Gasteiger charge is -2.14. The molecule has 0 saturated heterocycles. The average Bonchev–Trinajstić information content (AvgIpc) is 3.24. The Kier molecular flexibility index (Phi) is 4.53. The van der Waals surface area contributed by atoms with Gasteiger partial charge in [-0.05, 0) is 29.8 Å². The van der Waals surface area contributed by atoms with Gasteiger partial charge in [0.05, 0.1) is 11.4 Å². The molecule has 0 bridgehead atoms. The summed E-state index contributed by atoms with van der Waals surface area (Å²) in [6.45, 7) is 0.526. The van der Waals surface area contributed by atoms with Crippen LogP contribution in [0.5, 0.6) is 0 Å². The molecule has 2 heterocycles. The summed E-state index contributed by atoms with van der Waals surface area (Å²) in [7, 11) is 0. The van der Waals surface area contributed by atoms with Gasteiger partial charge in [0.15, 0.2) is 11.2 Å². The first-order valence-electron chi connectivity index (χ1n) is 9.58. The van der Waals surface area contributed by atoms with E-state index in [-0.39, 0.29) is 11.1 Å². The molecule has 5 aromatic rings. The van der Waals surface area contributed by atoms with Crippen LogP contribution in [0.3, 0.4) is 0 Å². The van der Waals surface area contributed by atoms with Crippen molar-refractivity contribution >= 4 is 17.1 Å². The zero-order valence-corrected chi connectivity index (χ0v) is 16.0. The number of hydrogen-bond acceptors (Lipinski definition) is 5. The second-order valence-electron chi connectivity index (χ2n) is 6.76. The number of hydrogen-bond donors (Lipinski definition) is 1. The van der Waals surface area contributed by atoms with Gasteiger partial charge in [0.1, 0.15) is 0 Å². The van der Waals surface area contributed by atoms with Crippen molar-refractivity contribution in [3.8, 4) is 11.4 Å². The van der Waals surface area contributed by atoms with Crippen LogP contribution in [0.15, 0.2) is 95.8 Å². The molecule has 0 saturated carbocycles. The maximum absolute atomic E-state index is 13.4. The predicted octanol–water partition coefficient (Wildman–Crippen LogP) is 3.58. The monoisotopic (exact) mass is 394 g/mol. The first-order valence-corrected chi connectivity index (χ1v) is 9.58. The zero-order chi connectivity index (χ0) is 20.3. The standard InChI is InChI=1S/C23H18N6O/c30-22-20-21(29(27-26-20)19-14-8-3-9-15-19)25-23(24-16-17-10-4-1-5-11-17)28(22)18-12-6-2-7-13-18/h1-15H,16H2,(H,24,25). The molecule has 0 aliphatic rings. The number of nitrogens with one attached hydrogen (secondary N) is 1. The van der Waals surface area contributed by atoms with Gasteiger partial charge in [0, 0.05) is 6.54 Å². The molecular formula is C23H18N6O. The van der Waals surface area contributed by atoms with Crippen molar-refractivity contribution < 1.29 is 0 Å². The van der Waals surface area contributed by atoms with Gasteiger partial charge in [-0.15, -0.1) is 5.10 Å². The molecule has 0 amide bonds. The molecule has 30 heavy (non-hydrogen) atoms. The highest BCUT2D eigenvalue weighted by Gasteiger charge is 2.18. The fourth-order valence-corrected chi connectivity index (χ4v) is 3.32. The number of fused-ring (bicyclic) bond motifs is 1. The Morgan fingerprint density at radius 3 is 2.03 bits per heavy atom. The Bertz CT molecular complexity index is 1340. The van der Waals surface area contributed by atoms with Gasteiger partial charge in [-0.25, -0.2) is 4.57 Å². The van der Waals surface area contributed by atoms with Crippen molar-refractivity contribution in [2.24, 2.45) is 0 Å². The number of anilines is 1. The van der Waals surface area contributed by atoms with Crippen molar-refractivity contribution in [2.75, 3.05) is 5.32 Å². The summed E-state index contributed by atoms with van der Waals surface area (Å²) in [6, 6.07) is 28.9. The van der Waals surface area contributed by atoms with Crippen LogP contribution in [-0.4, -0.2) is 24.5 Å². The lowest BCUT2D eigenvalue weighted by Crippen LogP contribution is -2.24. The second-order valence-corrected chi connectivity index (χ2v) is 6.76. The molecule has 7 nitrogen and oxygen atoms in total. The van der Waals surface area contributed by atoms with Crippen molar-refractivity contribution in [3.05, 3.63) is 107 Å². The lowest BCUT2D eigenvalue weighted by molar-refractivity contribution is 0.816. The van der Waals surface area contributed by atoms with Gasteiger partial charge in [0.25, 0.3) is 5.56 Å². The summed E-state index contributed by atoms with van der Waals surface area (Å²) < 4.78 is 3.12. The summed E-state index contributed by atoms with van der Waals surface area (Å²) in [6.07, 6.45) is 0. The second kappa shape index (κ2) is 7.63. The fourth-order valence-electron chi connectivity index (χ4n) is 3.32. The Hall–Kier alpha value is -4.26. The van der Waals surface area contributed by atoms with E-state index in [0.29, 0.717) is 23.8 Å². The Labute approximate surface area is 172 Å². The number of nitrogens with zero attached hydrogens (tertiary/aromatic N) is 5. The first-order chi connectivity index (χ1) is 14.8. The summed E-state index contributed by atoms with van der Waals surface area (Å²) in [4.78, 5) is 18.1. The highest BCUT2D eigenvalue weighted by Crippen LogP contribution is 2.18. The minimum atomic E-state index is -0.274. The third-order valence-corrected chi connectivity index (χ3v) is 4.78. The number of para-hydroxylation sites is 2. The molecule has 0 aliphatic carbocycles. The SMILES string of the molecule is O=c1c2nnn(-c3ccccc3)c2nc(NCc2ccccc2)n1-c1ccccc1. The van der Waals surface area contributed by atoms with E-state index in [1.54, 1.807) is 4.68 Å². The predicted molar refractivity (Wildman–Crippen MR) is 116 cm³/mol. The Balaban J connectivity index is 1.69. The van der Waals surface area contributed by atoms with Crippen molar-refractivity contribution in [1.82, 2.24) is 24.5 Å². The van der Waals surface area contributed by atoms with Gasteiger partial charge < -0.3 is 5.32 Å². The summed E-state index contributed by atoms with van der Waals surface area (Å²) >= 11 is 0. The van der Waals surface area contributed by atoms with E-state index >= 15 is 0 Å². The topological polar surface area (TPSA) is 77.6 Å². The van der Waals surface area contributed by atoms with Crippen LogP contribution in [0, 0.1) is 0 Å². The van der Waals surface area contributed by atoms with Crippen molar-refractivity contribution in [1.29, 1.82) is 0 Å². The van der Waals surface area contributed by atoms with Crippen LogP contribution >= 0.6 is 0 Å². The fraction of sp³-hybridized carbons (Fsp3) is 0.0435. The molecule has 3 aromatic carbocycles. The van der Waals surface area contributed by atoms with Crippen LogP contribution in [0.2, 0.25) is 0 Å². The maximum atomic E-state index is 13.4. The highest BCUT2D eigenvalue weighted by atomic mass is 16.1. The van der Waals surface area contributed by atoms with Crippen LogP contribution < -0.4 is 10.9 Å². The van der Waals surface area contributed by atoms with Crippen LogP contribution in [0.25, 0.3) is 22.5 Å². The number of aromatic nitrogens is 5. The van der Waals surface area contributed by atoms with Crippen LogP contribution in [0.4, 0.5) is 5.95 Å². The number of benzene rings is 3. The van der Waals surface area contributed by atoms with E-state index < -0.39 is 0 Å². The highest BCUT2D eigenvalue weighted by molar-refractivity contribution is 5.73. The molecule has 0 unspecified atom stereocenters. The quantitative estimate of drug-likeness (QED) is 0.493. The van der Waals surface area contributed by atoms with E-state index in [1.165, 1.54) is 4.57 Å². The lowest BCUT2D eigenvalue weighted by atomic mass is 10.2. The van der Waals surface area contributed by atoms with Crippen LogP contribution in [0.1, 0.15) is 5.56 Å². The molecule has 0 radical (unpaired) electrons. The molecule has 0 spiro atoms. The molecule has 0 fully saturated rings. The largest absolute Gasteiger partial charge is 0.351 e. The molecule has 0 atom stereocenters. The van der Waals surface area contributed by atoms with E-state index in [4.69, 9.17) is 4.98 Å². The van der Waals surface area contributed by atoms with Gasteiger partial charge >= 0.3 is 0 Å².